The summed E-state index contributed by atoms with van der Waals surface area (Å²) in [5.41, 5.74) is 0. The molecule has 0 aliphatic carbocycles. The van der Waals surface area contributed by atoms with Crippen LogP contribution in [0.2, 0.25) is 0 Å². The average Bonchev–Trinajstić information content (AvgIpc) is 2.64. The van der Waals surface area contributed by atoms with E-state index in [9.17, 15) is 0 Å². The van der Waals surface area contributed by atoms with Crippen molar-refractivity contribution in [1.82, 2.24) is 0 Å². The van der Waals surface area contributed by atoms with Gasteiger partial charge in [-0.05, 0) is 43.3 Å². The third-order valence-corrected chi connectivity index (χ3v) is 6.01. The predicted molar refractivity (Wildman–Crippen MR) is 63.0 cm³/mol. The Hall–Kier alpha value is 0.360. The van der Waals surface area contributed by atoms with E-state index in [4.69, 9.17) is 0 Å². The van der Waals surface area contributed by atoms with Gasteiger partial charge in [0.15, 0.2) is 0 Å². The molecule has 0 aliphatic rings. The summed E-state index contributed by atoms with van der Waals surface area (Å²) in [7, 11) is 0. The van der Waals surface area contributed by atoms with Crippen LogP contribution in [-0.4, -0.2) is 0 Å². The molecule has 0 radical (unpaired) electrons. The molecule has 2 aromatic rings. The van der Waals surface area contributed by atoms with E-state index in [1.54, 1.807) is 22.7 Å². The van der Waals surface area contributed by atoms with E-state index < -0.39 is 0 Å². The van der Waals surface area contributed by atoms with Crippen LogP contribution in [0.15, 0.2) is 31.8 Å². The first-order chi connectivity index (χ1) is 5.79. The molecule has 0 N–H and O–H groups in total. The molecule has 0 bridgehead atoms. The van der Waals surface area contributed by atoms with Crippen molar-refractivity contribution in [2.75, 3.05) is 0 Å². The van der Waals surface area contributed by atoms with Gasteiger partial charge in [-0.3, -0.25) is 0 Å². The average molecular weight is 324 g/mol. The normalized spacial score (nSPS) is 10.5. The topological polar surface area (TPSA) is 0 Å². The molecular formula is C8H4Br2S2. The molecule has 12 heavy (non-hydrogen) atoms. The molecule has 62 valence electrons. The first-order valence-corrected chi connectivity index (χ1v) is 6.60. The second-order valence-electron chi connectivity index (χ2n) is 2.20. The van der Waals surface area contributed by atoms with Gasteiger partial charge in [-0.1, -0.05) is 6.07 Å². The smallest absolute Gasteiger partial charge is 0.0596 e. The van der Waals surface area contributed by atoms with Crippen LogP contribution in [-0.2, 0) is 0 Å². The molecule has 0 aromatic carbocycles. The van der Waals surface area contributed by atoms with Crippen molar-refractivity contribution < 1.29 is 0 Å². The van der Waals surface area contributed by atoms with Crippen LogP contribution in [0.1, 0.15) is 0 Å². The predicted octanol–water partition coefficient (Wildman–Crippen LogP) is 5.00. The second kappa shape index (κ2) is 3.62. The molecule has 0 spiro atoms. The number of rotatable bonds is 1. The third kappa shape index (κ3) is 1.53. The molecule has 4 heteroatoms. The summed E-state index contributed by atoms with van der Waals surface area (Å²) in [5, 5.41) is 4.19. The Morgan fingerprint density at radius 2 is 2.00 bits per heavy atom. The molecular weight excluding hydrogens is 320 g/mol. The lowest BCUT2D eigenvalue weighted by Crippen LogP contribution is -1.63. The molecule has 0 nitrogen and oxygen atoms in total. The molecule has 0 saturated heterocycles. The highest BCUT2D eigenvalue weighted by molar-refractivity contribution is 9.13. The van der Waals surface area contributed by atoms with Gasteiger partial charge in [0.1, 0.15) is 0 Å². The lowest BCUT2D eigenvalue weighted by atomic mass is 10.4. The van der Waals surface area contributed by atoms with Crippen molar-refractivity contribution in [2.45, 2.75) is 0 Å². The Balaban J connectivity index is 2.55. The van der Waals surface area contributed by atoms with E-state index in [1.807, 2.05) is 0 Å². The van der Waals surface area contributed by atoms with Gasteiger partial charge in [-0.2, -0.15) is 0 Å². The molecule has 0 aliphatic heterocycles. The van der Waals surface area contributed by atoms with Gasteiger partial charge in [0.05, 0.1) is 9.35 Å². The molecule has 2 heterocycles. The maximum absolute atomic E-state index is 3.54. The molecule has 0 saturated carbocycles. The highest BCUT2D eigenvalue weighted by Gasteiger charge is 2.08. The van der Waals surface area contributed by atoms with Crippen LogP contribution in [0.25, 0.3) is 9.75 Å². The first kappa shape index (κ1) is 8.94. The summed E-state index contributed by atoms with van der Waals surface area (Å²) in [6.45, 7) is 0. The lowest BCUT2D eigenvalue weighted by molar-refractivity contribution is 1.78. The first-order valence-electron chi connectivity index (χ1n) is 3.25. The zero-order chi connectivity index (χ0) is 8.55. The van der Waals surface area contributed by atoms with E-state index in [1.165, 1.54) is 9.75 Å². The van der Waals surface area contributed by atoms with Gasteiger partial charge in [-0.15, -0.1) is 22.7 Å². The maximum atomic E-state index is 3.54. The van der Waals surface area contributed by atoms with Crippen LogP contribution in [0.5, 0.6) is 0 Å². The maximum Gasteiger partial charge on any atom is 0.0596 e. The quantitative estimate of drug-likeness (QED) is 0.692. The lowest BCUT2D eigenvalue weighted by Gasteiger charge is -1.91. The second-order valence-corrected chi connectivity index (χ2v) is 5.68. The third-order valence-electron chi connectivity index (χ3n) is 1.43. The number of thiophene rings is 2. The zero-order valence-corrected chi connectivity index (χ0v) is 10.7. The van der Waals surface area contributed by atoms with Crippen LogP contribution >= 0.6 is 54.5 Å². The number of hydrogen-bond acceptors (Lipinski definition) is 2. The zero-order valence-electron chi connectivity index (χ0n) is 5.88. The number of hydrogen-bond donors (Lipinski definition) is 0. The van der Waals surface area contributed by atoms with E-state index in [-0.39, 0.29) is 0 Å². The number of halogens is 2. The van der Waals surface area contributed by atoms with E-state index >= 15 is 0 Å². The highest BCUT2D eigenvalue weighted by atomic mass is 79.9. The fraction of sp³-hybridized carbons (Fsp3) is 0. The molecule has 0 amide bonds. The highest BCUT2D eigenvalue weighted by Crippen LogP contribution is 2.41. The van der Waals surface area contributed by atoms with Crippen LogP contribution < -0.4 is 0 Å². The Morgan fingerprint density at radius 1 is 1.17 bits per heavy atom. The van der Waals surface area contributed by atoms with Gasteiger partial charge in [0.2, 0.25) is 0 Å². The fourth-order valence-corrected chi connectivity index (χ4v) is 4.09. The van der Waals surface area contributed by atoms with Gasteiger partial charge < -0.3 is 0 Å². The SMILES string of the molecule is Brc1csc(-c2cccs2)c1Br. The Labute approximate surface area is 95.5 Å². The molecule has 0 fully saturated rings. The largest absolute Gasteiger partial charge is 0.143 e. The molecule has 0 atom stereocenters. The van der Waals surface area contributed by atoms with E-state index in [2.05, 4.69) is 54.8 Å². The molecule has 2 rings (SSSR count). The monoisotopic (exact) mass is 322 g/mol. The van der Waals surface area contributed by atoms with Gasteiger partial charge >= 0.3 is 0 Å². The standard InChI is InChI=1S/C8H4Br2S2/c9-5-4-12-8(7(5)10)6-2-1-3-11-6/h1-4H. The van der Waals surface area contributed by atoms with Crippen LogP contribution in [0.3, 0.4) is 0 Å². The van der Waals surface area contributed by atoms with Gasteiger partial charge in [0, 0.05) is 14.7 Å². The minimum Gasteiger partial charge on any atom is -0.143 e. The minimum absolute atomic E-state index is 1.14. The summed E-state index contributed by atoms with van der Waals surface area (Å²) in [6, 6.07) is 4.20. The molecule has 0 unspecified atom stereocenters. The van der Waals surface area contributed by atoms with Crippen molar-refractivity contribution in [2.24, 2.45) is 0 Å². The van der Waals surface area contributed by atoms with E-state index in [0.717, 1.165) is 8.95 Å². The van der Waals surface area contributed by atoms with Crippen molar-refractivity contribution in [3.05, 3.63) is 31.8 Å². The van der Waals surface area contributed by atoms with Crippen LogP contribution in [0, 0.1) is 0 Å². The van der Waals surface area contributed by atoms with Gasteiger partial charge in [-0.25, -0.2) is 0 Å². The van der Waals surface area contributed by atoms with E-state index in [0.29, 0.717) is 0 Å². The molecule has 2 aromatic heterocycles. The van der Waals surface area contributed by atoms with Crippen molar-refractivity contribution in [1.29, 1.82) is 0 Å². The summed E-state index contributed by atoms with van der Waals surface area (Å²) in [5.74, 6) is 0. The fourth-order valence-electron chi connectivity index (χ4n) is 0.897. The minimum atomic E-state index is 1.14. The Kier molecular flexibility index (Phi) is 2.69. The Morgan fingerprint density at radius 3 is 2.50 bits per heavy atom. The van der Waals surface area contributed by atoms with Crippen molar-refractivity contribution in [3.8, 4) is 9.75 Å². The summed E-state index contributed by atoms with van der Waals surface area (Å²) in [4.78, 5) is 2.62. The summed E-state index contributed by atoms with van der Waals surface area (Å²) >= 11 is 10.5. The van der Waals surface area contributed by atoms with Gasteiger partial charge in [0.25, 0.3) is 0 Å². The van der Waals surface area contributed by atoms with Crippen LogP contribution in [0.4, 0.5) is 0 Å². The van der Waals surface area contributed by atoms with Crippen molar-refractivity contribution >= 4 is 54.5 Å². The summed E-state index contributed by atoms with van der Waals surface area (Å²) < 4.78 is 2.30. The Bertz CT molecular complexity index is 376. The van der Waals surface area contributed by atoms with Crippen molar-refractivity contribution in [3.63, 3.8) is 0 Å². The summed E-state index contributed by atoms with van der Waals surface area (Å²) in [6.07, 6.45) is 0.